The molecule has 0 bridgehead atoms. The van der Waals surface area contributed by atoms with Gasteiger partial charge in [0.15, 0.2) is 0 Å². The summed E-state index contributed by atoms with van der Waals surface area (Å²) in [4.78, 5) is 10.2. The van der Waals surface area contributed by atoms with Gasteiger partial charge in [-0.25, -0.2) is 0 Å². The topological polar surface area (TPSA) is 64.4 Å². The normalized spacial score (nSPS) is 10.7. The molecule has 0 aliphatic heterocycles. The van der Waals surface area contributed by atoms with Gasteiger partial charge in [-0.2, -0.15) is 0 Å². The van der Waals surface area contributed by atoms with E-state index < -0.39 is 0 Å². The molecule has 1 aromatic rings. The molecular weight excluding hydrogens is 244 g/mol. The van der Waals surface area contributed by atoms with Crippen molar-refractivity contribution < 1.29 is 9.66 Å². The van der Waals surface area contributed by atoms with Crippen LogP contribution in [0.3, 0.4) is 0 Å². The molecule has 106 valence electrons. The van der Waals surface area contributed by atoms with Gasteiger partial charge in [-0.05, 0) is 30.9 Å². The van der Waals surface area contributed by atoms with Gasteiger partial charge in [-0.1, -0.05) is 13.8 Å². The SMILES string of the molecule is Cc1cc([N+](=O)[O-])ccc1NCCCOCC(C)C. The Labute approximate surface area is 114 Å². The standard InChI is InChI=1S/C14H22N2O3/c1-11(2)10-19-8-4-7-15-14-6-5-13(16(17)18)9-12(14)3/h5-6,9,11,15H,4,7-8,10H2,1-3H3. The highest BCUT2D eigenvalue weighted by Gasteiger charge is 2.07. The first-order valence-electron chi connectivity index (χ1n) is 6.57. The monoisotopic (exact) mass is 266 g/mol. The first kappa shape index (κ1) is 15.4. The summed E-state index contributed by atoms with van der Waals surface area (Å²) in [5.41, 5.74) is 1.95. The minimum Gasteiger partial charge on any atom is -0.385 e. The molecule has 0 unspecified atom stereocenters. The third-order valence-corrected chi connectivity index (χ3v) is 2.65. The average molecular weight is 266 g/mol. The predicted molar refractivity (Wildman–Crippen MR) is 76.6 cm³/mol. The first-order valence-corrected chi connectivity index (χ1v) is 6.57. The highest BCUT2D eigenvalue weighted by Crippen LogP contribution is 2.20. The lowest BCUT2D eigenvalue weighted by molar-refractivity contribution is -0.384. The molecule has 1 aromatic carbocycles. The van der Waals surface area contributed by atoms with E-state index in [1.807, 2.05) is 6.92 Å². The van der Waals surface area contributed by atoms with Gasteiger partial charge in [0.25, 0.3) is 5.69 Å². The van der Waals surface area contributed by atoms with Crippen LogP contribution in [0.1, 0.15) is 25.8 Å². The number of hydrogen-bond acceptors (Lipinski definition) is 4. The van der Waals surface area contributed by atoms with Gasteiger partial charge in [-0.3, -0.25) is 10.1 Å². The van der Waals surface area contributed by atoms with Crippen molar-refractivity contribution in [3.63, 3.8) is 0 Å². The molecule has 19 heavy (non-hydrogen) atoms. The highest BCUT2D eigenvalue weighted by molar-refractivity contribution is 5.55. The summed E-state index contributed by atoms with van der Waals surface area (Å²) in [5, 5.41) is 13.9. The van der Waals surface area contributed by atoms with Crippen LogP contribution < -0.4 is 5.32 Å². The van der Waals surface area contributed by atoms with Crippen LogP contribution in [0.4, 0.5) is 11.4 Å². The van der Waals surface area contributed by atoms with Crippen molar-refractivity contribution in [3.8, 4) is 0 Å². The number of nitrogens with one attached hydrogen (secondary N) is 1. The maximum absolute atomic E-state index is 10.6. The molecule has 5 nitrogen and oxygen atoms in total. The second kappa shape index (κ2) is 7.74. The van der Waals surface area contributed by atoms with Crippen LogP contribution in [0.25, 0.3) is 0 Å². The molecule has 1 rings (SSSR count). The fourth-order valence-corrected chi connectivity index (χ4v) is 1.68. The maximum Gasteiger partial charge on any atom is 0.269 e. The van der Waals surface area contributed by atoms with Crippen LogP contribution in [0.15, 0.2) is 18.2 Å². The Hall–Kier alpha value is -1.62. The number of nitrogens with zero attached hydrogens (tertiary/aromatic N) is 1. The molecule has 0 heterocycles. The lowest BCUT2D eigenvalue weighted by Gasteiger charge is -2.10. The zero-order valence-electron chi connectivity index (χ0n) is 11.8. The lowest BCUT2D eigenvalue weighted by atomic mass is 10.2. The molecule has 0 saturated carbocycles. The average Bonchev–Trinajstić information content (AvgIpc) is 2.34. The van der Waals surface area contributed by atoms with Crippen LogP contribution >= 0.6 is 0 Å². The molecule has 0 radical (unpaired) electrons. The van der Waals surface area contributed by atoms with Gasteiger partial charge in [0.05, 0.1) is 4.92 Å². The van der Waals surface area contributed by atoms with E-state index in [9.17, 15) is 10.1 Å². The number of nitro benzene ring substituents is 1. The molecule has 0 aliphatic carbocycles. The summed E-state index contributed by atoms with van der Waals surface area (Å²) in [7, 11) is 0. The number of rotatable bonds is 8. The zero-order chi connectivity index (χ0) is 14.3. The summed E-state index contributed by atoms with van der Waals surface area (Å²) < 4.78 is 5.48. The Morgan fingerprint density at radius 2 is 2.16 bits per heavy atom. The largest absolute Gasteiger partial charge is 0.385 e. The van der Waals surface area contributed by atoms with E-state index in [1.165, 1.54) is 6.07 Å². The van der Waals surface area contributed by atoms with Gasteiger partial charge >= 0.3 is 0 Å². The number of non-ortho nitro benzene ring substituents is 1. The van der Waals surface area contributed by atoms with E-state index in [4.69, 9.17) is 4.74 Å². The molecule has 0 aliphatic rings. The number of anilines is 1. The minimum atomic E-state index is -0.378. The summed E-state index contributed by atoms with van der Waals surface area (Å²) in [6.07, 6.45) is 0.920. The van der Waals surface area contributed by atoms with Crippen molar-refractivity contribution >= 4 is 11.4 Å². The van der Waals surface area contributed by atoms with E-state index in [2.05, 4.69) is 19.2 Å². The lowest BCUT2D eigenvalue weighted by Crippen LogP contribution is -2.09. The molecule has 0 amide bonds. The number of ether oxygens (including phenoxy) is 1. The molecule has 1 N–H and O–H groups in total. The zero-order valence-corrected chi connectivity index (χ0v) is 11.8. The number of aryl methyl sites for hydroxylation is 1. The Kier molecular flexibility index (Phi) is 6.29. The summed E-state index contributed by atoms with van der Waals surface area (Å²) >= 11 is 0. The van der Waals surface area contributed by atoms with Crippen molar-refractivity contribution in [2.75, 3.05) is 25.1 Å². The summed E-state index contributed by atoms with van der Waals surface area (Å²) in [6.45, 7) is 8.44. The van der Waals surface area contributed by atoms with Crippen molar-refractivity contribution in [2.24, 2.45) is 5.92 Å². The smallest absolute Gasteiger partial charge is 0.269 e. The van der Waals surface area contributed by atoms with Crippen LogP contribution in [0.5, 0.6) is 0 Å². The maximum atomic E-state index is 10.6. The molecular formula is C14H22N2O3. The van der Waals surface area contributed by atoms with E-state index in [-0.39, 0.29) is 10.6 Å². The number of nitro groups is 1. The van der Waals surface area contributed by atoms with Crippen LogP contribution in [0.2, 0.25) is 0 Å². The number of benzene rings is 1. The van der Waals surface area contributed by atoms with E-state index >= 15 is 0 Å². The Morgan fingerprint density at radius 3 is 2.74 bits per heavy atom. The molecule has 0 atom stereocenters. The van der Waals surface area contributed by atoms with Gasteiger partial charge < -0.3 is 10.1 Å². The van der Waals surface area contributed by atoms with Crippen molar-refractivity contribution in [2.45, 2.75) is 27.2 Å². The molecule has 0 fully saturated rings. The quantitative estimate of drug-likeness (QED) is 0.445. The van der Waals surface area contributed by atoms with Crippen LogP contribution in [-0.4, -0.2) is 24.7 Å². The summed E-state index contributed by atoms with van der Waals surface area (Å²) in [5.74, 6) is 0.560. The fourth-order valence-electron chi connectivity index (χ4n) is 1.68. The van der Waals surface area contributed by atoms with Gasteiger partial charge in [0, 0.05) is 37.6 Å². The molecule has 0 aromatic heterocycles. The Bertz CT molecular complexity index is 419. The Morgan fingerprint density at radius 1 is 1.42 bits per heavy atom. The van der Waals surface area contributed by atoms with Crippen molar-refractivity contribution in [1.82, 2.24) is 0 Å². The fraction of sp³-hybridized carbons (Fsp3) is 0.571. The minimum absolute atomic E-state index is 0.128. The second-order valence-electron chi connectivity index (χ2n) is 5.01. The third-order valence-electron chi connectivity index (χ3n) is 2.65. The van der Waals surface area contributed by atoms with Gasteiger partial charge in [-0.15, -0.1) is 0 Å². The molecule has 0 spiro atoms. The summed E-state index contributed by atoms with van der Waals surface area (Å²) in [6, 6.07) is 4.85. The second-order valence-corrected chi connectivity index (χ2v) is 5.01. The molecule has 5 heteroatoms. The van der Waals surface area contributed by atoms with Crippen LogP contribution in [-0.2, 0) is 4.74 Å². The van der Waals surface area contributed by atoms with E-state index in [1.54, 1.807) is 12.1 Å². The number of hydrogen-bond donors (Lipinski definition) is 1. The van der Waals surface area contributed by atoms with Crippen LogP contribution in [0, 0.1) is 23.0 Å². The molecule has 0 saturated heterocycles. The Balaban J connectivity index is 2.32. The van der Waals surface area contributed by atoms with E-state index in [0.29, 0.717) is 5.92 Å². The van der Waals surface area contributed by atoms with Crippen molar-refractivity contribution in [1.29, 1.82) is 0 Å². The van der Waals surface area contributed by atoms with Crippen molar-refractivity contribution in [3.05, 3.63) is 33.9 Å². The van der Waals surface area contributed by atoms with E-state index in [0.717, 1.165) is 37.4 Å². The first-order chi connectivity index (χ1) is 9.00. The van der Waals surface area contributed by atoms with Gasteiger partial charge in [0.2, 0.25) is 0 Å². The highest BCUT2D eigenvalue weighted by atomic mass is 16.6. The predicted octanol–water partition coefficient (Wildman–Crippen LogP) is 3.38. The van der Waals surface area contributed by atoms with Gasteiger partial charge in [0.1, 0.15) is 0 Å². The third kappa shape index (κ3) is 5.70.